The molecule has 0 fully saturated rings. The van der Waals surface area contributed by atoms with Crippen LogP contribution in [0.1, 0.15) is 45.4 Å². The van der Waals surface area contributed by atoms with Gasteiger partial charge in [-0.2, -0.15) is 0 Å². The first kappa shape index (κ1) is 16.4. The topological polar surface area (TPSA) is 64.4 Å². The van der Waals surface area contributed by atoms with Crippen LogP contribution in [-0.2, 0) is 9.53 Å². The van der Waals surface area contributed by atoms with Crippen LogP contribution in [0.25, 0.3) is 0 Å². The molecule has 0 aromatic carbocycles. The summed E-state index contributed by atoms with van der Waals surface area (Å²) in [6, 6.07) is 0. The van der Waals surface area contributed by atoms with Crippen molar-refractivity contribution in [1.29, 1.82) is 0 Å². The highest BCUT2D eigenvalue weighted by atomic mass is 16.5. The molecule has 3 N–H and O–H groups in total. The normalized spacial score (nSPS) is 12.4. The van der Waals surface area contributed by atoms with Crippen LogP contribution in [0.2, 0.25) is 0 Å². The van der Waals surface area contributed by atoms with Crippen molar-refractivity contribution in [2.45, 2.75) is 45.4 Å². The molecule has 0 aliphatic carbocycles. The lowest BCUT2D eigenvalue weighted by molar-refractivity contribution is -0.121. The van der Waals surface area contributed by atoms with Gasteiger partial charge >= 0.3 is 0 Å². The van der Waals surface area contributed by atoms with E-state index in [0.29, 0.717) is 12.3 Å². The zero-order valence-corrected chi connectivity index (χ0v) is 11.3. The van der Waals surface area contributed by atoms with Crippen molar-refractivity contribution < 1.29 is 9.53 Å². The van der Waals surface area contributed by atoms with Gasteiger partial charge < -0.3 is 15.8 Å². The van der Waals surface area contributed by atoms with E-state index in [1.165, 1.54) is 0 Å². The minimum absolute atomic E-state index is 0.165. The lowest BCUT2D eigenvalue weighted by Crippen LogP contribution is -2.25. The molecule has 0 heterocycles. The third-order valence-electron chi connectivity index (χ3n) is 3.03. The van der Waals surface area contributed by atoms with E-state index in [2.05, 4.69) is 12.2 Å². The molecule has 4 nitrogen and oxygen atoms in total. The smallest absolute Gasteiger partial charge is 0.220 e. The number of amides is 1. The van der Waals surface area contributed by atoms with Crippen LogP contribution in [0.4, 0.5) is 0 Å². The summed E-state index contributed by atoms with van der Waals surface area (Å²) in [5.41, 5.74) is 5.53. The first-order valence-electron chi connectivity index (χ1n) is 6.70. The molecule has 0 aromatic rings. The van der Waals surface area contributed by atoms with E-state index in [1.807, 2.05) is 0 Å². The molecule has 0 saturated carbocycles. The number of methoxy groups -OCH3 is 1. The van der Waals surface area contributed by atoms with Crippen LogP contribution >= 0.6 is 0 Å². The summed E-state index contributed by atoms with van der Waals surface area (Å²) >= 11 is 0. The van der Waals surface area contributed by atoms with Crippen LogP contribution in [0, 0.1) is 5.92 Å². The number of carbonyl (C=O) groups excluding carboxylic acids is 1. The number of hydrogen-bond donors (Lipinski definition) is 2. The average molecular weight is 244 g/mol. The average Bonchev–Trinajstić information content (AvgIpc) is 2.34. The predicted octanol–water partition coefficient (Wildman–Crippen LogP) is 1.68. The van der Waals surface area contributed by atoms with Crippen LogP contribution in [0.5, 0.6) is 0 Å². The van der Waals surface area contributed by atoms with Gasteiger partial charge in [0, 0.05) is 26.7 Å². The Morgan fingerprint density at radius 1 is 1.35 bits per heavy atom. The largest absolute Gasteiger partial charge is 0.385 e. The van der Waals surface area contributed by atoms with Crippen molar-refractivity contribution in [2.24, 2.45) is 11.7 Å². The molecule has 17 heavy (non-hydrogen) atoms. The van der Waals surface area contributed by atoms with Crippen LogP contribution in [0.3, 0.4) is 0 Å². The van der Waals surface area contributed by atoms with Crippen LogP contribution in [0.15, 0.2) is 0 Å². The van der Waals surface area contributed by atoms with E-state index in [-0.39, 0.29) is 5.91 Å². The molecule has 1 amide bonds. The van der Waals surface area contributed by atoms with Gasteiger partial charge in [0.15, 0.2) is 0 Å². The predicted molar refractivity (Wildman–Crippen MR) is 70.8 cm³/mol. The van der Waals surface area contributed by atoms with Gasteiger partial charge in [-0.15, -0.1) is 0 Å². The minimum Gasteiger partial charge on any atom is -0.385 e. The second-order valence-corrected chi connectivity index (χ2v) is 4.44. The molecule has 0 spiro atoms. The quantitative estimate of drug-likeness (QED) is 0.544. The number of hydrogen-bond acceptors (Lipinski definition) is 3. The highest BCUT2D eigenvalue weighted by molar-refractivity contribution is 5.75. The van der Waals surface area contributed by atoms with Crippen molar-refractivity contribution in [3.63, 3.8) is 0 Å². The summed E-state index contributed by atoms with van der Waals surface area (Å²) in [7, 11) is 1.70. The molecule has 4 heteroatoms. The minimum atomic E-state index is 0.165. The van der Waals surface area contributed by atoms with Gasteiger partial charge in [0.2, 0.25) is 5.91 Å². The van der Waals surface area contributed by atoms with Gasteiger partial charge in [0.1, 0.15) is 0 Å². The number of unbranched alkanes of at least 4 members (excludes halogenated alkanes) is 1. The van der Waals surface area contributed by atoms with E-state index in [1.54, 1.807) is 7.11 Å². The third kappa shape index (κ3) is 10.3. The molecule has 1 unspecified atom stereocenters. The van der Waals surface area contributed by atoms with Crippen molar-refractivity contribution >= 4 is 5.91 Å². The Balaban J connectivity index is 3.44. The Morgan fingerprint density at radius 2 is 2.12 bits per heavy atom. The standard InChI is InChI=1S/C13H28N2O2/c1-3-12(8-9-14)6-7-13(16)15-10-4-5-11-17-2/h12H,3-11,14H2,1-2H3,(H,15,16). The summed E-state index contributed by atoms with van der Waals surface area (Å²) in [4.78, 5) is 11.5. The Labute approximate surface area is 105 Å². The van der Waals surface area contributed by atoms with Gasteiger partial charge in [-0.3, -0.25) is 4.79 Å². The highest BCUT2D eigenvalue weighted by Gasteiger charge is 2.08. The SMILES string of the molecule is CCC(CCN)CCC(=O)NCCCCOC. The number of ether oxygens (including phenoxy) is 1. The maximum absolute atomic E-state index is 11.5. The lowest BCUT2D eigenvalue weighted by atomic mass is 9.96. The molecule has 0 rings (SSSR count). The summed E-state index contributed by atoms with van der Waals surface area (Å²) < 4.78 is 4.94. The maximum Gasteiger partial charge on any atom is 0.220 e. The molecule has 102 valence electrons. The molecule has 0 bridgehead atoms. The van der Waals surface area contributed by atoms with Gasteiger partial charge in [-0.05, 0) is 38.1 Å². The molecular weight excluding hydrogens is 216 g/mol. The fourth-order valence-electron chi connectivity index (χ4n) is 1.81. The Hall–Kier alpha value is -0.610. The summed E-state index contributed by atoms with van der Waals surface area (Å²) in [6.07, 6.45) is 5.71. The summed E-state index contributed by atoms with van der Waals surface area (Å²) in [6.45, 7) is 4.40. The summed E-state index contributed by atoms with van der Waals surface area (Å²) in [5, 5.41) is 2.94. The van der Waals surface area contributed by atoms with Crippen molar-refractivity contribution in [1.82, 2.24) is 5.32 Å². The van der Waals surface area contributed by atoms with Gasteiger partial charge in [-0.25, -0.2) is 0 Å². The van der Waals surface area contributed by atoms with Gasteiger partial charge in [-0.1, -0.05) is 13.3 Å². The Bertz CT molecular complexity index is 186. The van der Waals surface area contributed by atoms with Crippen molar-refractivity contribution in [3.05, 3.63) is 0 Å². The van der Waals surface area contributed by atoms with E-state index in [0.717, 1.165) is 51.8 Å². The first-order valence-corrected chi connectivity index (χ1v) is 6.70. The molecule has 0 aromatic heterocycles. The Kier molecular flexibility index (Phi) is 11.4. The molecule has 1 atom stereocenters. The fourth-order valence-corrected chi connectivity index (χ4v) is 1.81. The zero-order valence-electron chi connectivity index (χ0n) is 11.3. The fraction of sp³-hybridized carbons (Fsp3) is 0.923. The maximum atomic E-state index is 11.5. The monoisotopic (exact) mass is 244 g/mol. The van der Waals surface area contributed by atoms with Crippen molar-refractivity contribution in [2.75, 3.05) is 26.8 Å². The van der Waals surface area contributed by atoms with E-state index in [9.17, 15) is 4.79 Å². The van der Waals surface area contributed by atoms with E-state index >= 15 is 0 Å². The molecule has 0 aliphatic rings. The zero-order chi connectivity index (χ0) is 12.9. The lowest BCUT2D eigenvalue weighted by Gasteiger charge is -2.13. The summed E-state index contributed by atoms with van der Waals surface area (Å²) in [5.74, 6) is 0.761. The second-order valence-electron chi connectivity index (χ2n) is 4.44. The molecule has 0 radical (unpaired) electrons. The highest BCUT2D eigenvalue weighted by Crippen LogP contribution is 2.14. The molecule has 0 saturated heterocycles. The first-order chi connectivity index (χ1) is 8.24. The second kappa shape index (κ2) is 11.9. The van der Waals surface area contributed by atoms with Crippen LogP contribution in [-0.4, -0.2) is 32.7 Å². The van der Waals surface area contributed by atoms with Crippen molar-refractivity contribution in [3.8, 4) is 0 Å². The van der Waals surface area contributed by atoms with Gasteiger partial charge in [0.25, 0.3) is 0 Å². The van der Waals surface area contributed by atoms with Crippen LogP contribution < -0.4 is 11.1 Å². The Morgan fingerprint density at radius 3 is 2.71 bits per heavy atom. The molecular formula is C13H28N2O2. The number of carbonyl (C=O) groups is 1. The molecule has 0 aliphatic heterocycles. The van der Waals surface area contributed by atoms with E-state index < -0.39 is 0 Å². The number of rotatable bonds is 11. The van der Waals surface area contributed by atoms with Gasteiger partial charge in [0.05, 0.1) is 0 Å². The number of nitrogens with one attached hydrogen (secondary N) is 1. The van der Waals surface area contributed by atoms with E-state index in [4.69, 9.17) is 10.5 Å². The third-order valence-corrected chi connectivity index (χ3v) is 3.03. The number of nitrogens with two attached hydrogens (primary N) is 1.